The number of benzene rings is 1. The quantitative estimate of drug-likeness (QED) is 0.598. The normalized spacial score (nSPS) is 11.9. The summed E-state index contributed by atoms with van der Waals surface area (Å²) in [5.41, 5.74) is -0.608. The van der Waals surface area contributed by atoms with Crippen LogP contribution in [-0.2, 0) is 10.0 Å². The second-order valence-electron chi connectivity index (χ2n) is 4.50. The summed E-state index contributed by atoms with van der Waals surface area (Å²) in [6.07, 6.45) is 1.65. The van der Waals surface area contributed by atoms with Crippen LogP contribution in [0.25, 0.3) is 0 Å². The van der Waals surface area contributed by atoms with Crippen molar-refractivity contribution >= 4 is 38.9 Å². The van der Waals surface area contributed by atoms with Gasteiger partial charge in [-0.2, -0.15) is 0 Å². The van der Waals surface area contributed by atoms with Crippen LogP contribution in [0.15, 0.2) is 17.0 Å². The zero-order valence-corrected chi connectivity index (χ0v) is 13.9. The first-order valence-electron chi connectivity index (χ1n) is 6.36. The molecule has 0 aliphatic heterocycles. The molecule has 0 spiro atoms. The third-order valence-corrected chi connectivity index (χ3v) is 5.49. The maximum absolute atomic E-state index is 12.2. The highest BCUT2D eigenvalue weighted by Gasteiger charge is 2.27. The molecular formula is C12H16Cl2N2O4S. The standard InChI is InChI=1S/C12H16Cl2N2O4S/c1-3-8(4-2)7-15-21(19,20)10-6-5-9(13)12(11(10)14)16(17)18/h5-6,8,15H,3-4,7H2,1-2H3. The van der Waals surface area contributed by atoms with Crippen molar-refractivity contribution in [1.82, 2.24) is 4.72 Å². The molecule has 0 saturated heterocycles. The molecule has 1 aromatic carbocycles. The van der Waals surface area contributed by atoms with Crippen molar-refractivity contribution in [3.05, 3.63) is 32.3 Å². The molecule has 0 unspecified atom stereocenters. The molecule has 1 aromatic rings. The molecule has 0 saturated carbocycles. The monoisotopic (exact) mass is 354 g/mol. The number of hydrogen-bond acceptors (Lipinski definition) is 4. The third kappa shape index (κ3) is 4.29. The number of rotatable bonds is 7. The van der Waals surface area contributed by atoms with Crippen molar-refractivity contribution in [3.8, 4) is 0 Å². The van der Waals surface area contributed by atoms with E-state index in [0.717, 1.165) is 25.0 Å². The van der Waals surface area contributed by atoms with E-state index < -0.39 is 25.7 Å². The number of halogens is 2. The first kappa shape index (κ1) is 18.2. The lowest BCUT2D eigenvalue weighted by Gasteiger charge is -2.14. The molecule has 0 aliphatic rings. The number of nitrogens with one attached hydrogen (secondary N) is 1. The fraction of sp³-hybridized carbons (Fsp3) is 0.500. The highest BCUT2D eigenvalue weighted by Crippen LogP contribution is 2.37. The molecule has 1 N–H and O–H groups in total. The van der Waals surface area contributed by atoms with Gasteiger partial charge in [0.05, 0.1) is 4.92 Å². The van der Waals surface area contributed by atoms with Gasteiger partial charge in [0.1, 0.15) is 14.9 Å². The fourth-order valence-electron chi connectivity index (χ4n) is 1.78. The summed E-state index contributed by atoms with van der Waals surface area (Å²) in [6, 6.07) is 2.31. The minimum absolute atomic E-state index is 0.195. The summed E-state index contributed by atoms with van der Waals surface area (Å²) in [6.45, 7) is 4.17. The Bertz CT molecular complexity index is 630. The van der Waals surface area contributed by atoms with E-state index in [2.05, 4.69) is 4.72 Å². The molecule has 0 fully saturated rings. The highest BCUT2D eigenvalue weighted by atomic mass is 35.5. The summed E-state index contributed by atoms with van der Waals surface area (Å²) in [5.74, 6) is 0.195. The van der Waals surface area contributed by atoms with E-state index >= 15 is 0 Å². The Balaban J connectivity index is 3.15. The van der Waals surface area contributed by atoms with Gasteiger partial charge < -0.3 is 0 Å². The Labute approximate surface area is 133 Å². The maximum atomic E-state index is 12.2. The van der Waals surface area contributed by atoms with Gasteiger partial charge in [0.2, 0.25) is 10.0 Å². The summed E-state index contributed by atoms with van der Waals surface area (Å²) in [7, 11) is -3.92. The van der Waals surface area contributed by atoms with Gasteiger partial charge in [-0.05, 0) is 18.1 Å². The second kappa shape index (κ2) is 7.40. The van der Waals surface area contributed by atoms with Crippen LogP contribution in [0.1, 0.15) is 26.7 Å². The van der Waals surface area contributed by atoms with Gasteiger partial charge in [-0.3, -0.25) is 10.1 Å². The molecule has 0 radical (unpaired) electrons. The van der Waals surface area contributed by atoms with Crippen LogP contribution in [0, 0.1) is 16.0 Å². The molecule has 6 nitrogen and oxygen atoms in total. The first-order chi connectivity index (χ1) is 9.74. The molecule has 0 aromatic heterocycles. The Morgan fingerprint density at radius 3 is 2.33 bits per heavy atom. The number of nitro benzene ring substituents is 1. The van der Waals surface area contributed by atoms with Gasteiger partial charge in [0.15, 0.2) is 0 Å². The Kier molecular flexibility index (Phi) is 6.40. The molecule has 21 heavy (non-hydrogen) atoms. The lowest BCUT2D eigenvalue weighted by molar-refractivity contribution is -0.384. The summed E-state index contributed by atoms with van der Waals surface area (Å²) in [4.78, 5) is 9.76. The molecule has 0 bridgehead atoms. The molecule has 9 heteroatoms. The Hall–Kier alpha value is -0.890. The van der Waals surface area contributed by atoms with Crippen LogP contribution in [0.3, 0.4) is 0 Å². The zero-order valence-electron chi connectivity index (χ0n) is 11.6. The summed E-state index contributed by atoms with van der Waals surface area (Å²) >= 11 is 11.5. The Morgan fingerprint density at radius 1 is 1.29 bits per heavy atom. The number of hydrogen-bond donors (Lipinski definition) is 1. The van der Waals surface area contributed by atoms with Crippen molar-refractivity contribution in [2.45, 2.75) is 31.6 Å². The van der Waals surface area contributed by atoms with Gasteiger partial charge in [-0.1, -0.05) is 49.9 Å². The number of nitro groups is 1. The summed E-state index contributed by atoms with van der Waals surface area (Å²) in [5, 5.41) is 10.2. The minimum atomic E-state index is -3.92. The molecule has 1 rings (SSSR count). The van der Waals surface area contributed by atoms with E-state index in [9.17, 15) is 18.5 Å². The number of sulfonamides is 1. The van der Waals surface area contributed by atoms with Crippen molar-refractivity contribution in [1.29, 1.82) is 0 Å². The predicted octanol–water partition coefficient (Wildman–Crippen LogP) is 3.62. The topological polar surface area (TPSA) is 89.3 Å². The first-order valence-corrected chi connectivity index (χ1v) is 8.60. The molecule has 0 aliphatic carbocycles. The van der Waals surface area contributed by atoms with Gasteiger partial charge >= 0.3 is 5.69 Å². The molecule has 118 valence electrons. The molecular weight excluding hydrogens is 339 g/mol. The van der Waals surface area contributed by atoms with Crippen LogP contribution in [0.4, 0.5) is 5.69 Å². The minimum Gasteiger partial charge on any atom is -0.258 e. The predicted molar refractivity (Wildman–Crippen MR) is 82.4 cm³/mol. The van der Waals surface area contributed by atoms with Crippen LogP contribution in [0.5, 0.6) is 0 Å². The van der Waals surface area contributed by atoms with Crippen LogP contribution in [-0.4, -0.2) is 19.9 Å². The molecule has 0 amide bonds. The highest BCUT2D eigenvalue weighted by molar-refractivity contribution is 7.89. The van der Waals surface area contributed by atoms with Crippen LogP contribution >= 0.6 is 23.2 Å². The van der Waals surface area contributed by atoms with Gasteiger partial charge in [0.25, 0.3) is 0 Å². The third-order valence-electron chi connectivity index (χ3n) is 3.22. The average Bonchev–Trinajstić information content (AvgIpc) is 2.39. The fourth-order valence-corrected chi connectivity index (χ4v) is 3.78. The van der Waals surface area contributed by atoms with Crippen molar-refractivity contribution < 1.29 is 13.3 Å². The van der Waals surface area contributed by atoms with E-state index in [1.165, 1.54) is 0 Å². The van der Waals surface area contributed by atoms with Crippen molar-refractivity contribution in [2.75, 3.05) is 6.54 Å². The SMILES string of the molecule is CCC(CC)CNS(=O)(=O)c1ccc(Cl)c([N+](=O)[O-])c1Cl. The van der Waals surface area contributed by atoms with E-state index in [4.69, 9.17) is 23.2 Å². The summed E-state index contributed by atoms with van der Waals surface area (Å²) < 4.78 is 26.9. The smallest absolute Gasteiger partial charge is 0.258 e. The van der Waals surface area contributed by atoms with Crippen LogP contribution < -0.4 is 4.72 Å². The second-order valence-corrected chi connectivity index (χ2v) is 7.02. The largest absolute Gasteiger partial charge is 0.307 e. The molecule has 0 atom stereocenters. The average molecular weight is 355 g/mol. The van der Waals surface area contributed by atoms with E-state index in [-0.39, 0.29) is 22.4 Å². The van der Waals surface area contributed by atoms with Gasteiger partial charge in [-0.15, -0.1) is 0 Å². The maximum Gasteiger partial charge on any atom is 0.307 e. The lowest BCUT2D eigenvalue weighted by atomic mass is 10.0. The lowest BCUT2D eigenvalue weighted by Crippen LogP contribution is -2.29. The van der Waals surface area contributed by atoms with Crippen molar-refractivity contribution in [2.24, 2.45) is 5.92 Å². The van der Waals surface area contributed by atoms with Crippen molar-refractivity contribution in [3.63, 3.8) is 0 Å². The Morgan fingerprint density at radius 2 is 1.86 bits per heavy atom. The van der Waals surface area contributed by atoms with Gasteiger partial charge in [0, 0.05) is 6.54 Å². The van der Waals surface area contributed by atoms with E-state index in [1.807, 2.05) is 13.8 Å². The van der Waals surface area contributed by atoms with Gasteiger partial charge in [-0.25, -0.2) is 13.1 Å². The van der Waals surface area contributed by atoms with E-state index in [0.29, 0.717) is 0 Å². The zero-order chi connectivity index (χ0) is 16.2. The van der Waals surface area contributed by atoms with Crippen LogP contribution in [0.2, 0.25) is 10.0 Å². The molecule has 0 heterocycles. The number of nitrogens with zero attached hydrogens (tertiary/aromatic N) is 1. The van der Waals surface area contributed by atoms with E-state index in [1.54, 1.807) is 0 Å².